The van der Waals surface area contributed by atoms with Gasteiger partial charge < -0.3 is 14.8 Å². The molecule has 4 nitrogen and oxygen atoms in total. The Morgan fingerprint density at radius 1 is 1.35 bits per heavy atom. The molecule has 1 aromatic rings. The van der Waals surface area contributed by atoms with Gasteiger partial charge in [0.2, 0.25) is 0 Å². The fourth-order valence-corrected chi connectivity index (χ4v) is 1.71. The van der Waals surface area contributed by atoms with Crippen molar-refractivity contribution in [1.29, 1.82) is 0 Å². The molecular formula is C15H22FNO3. The number of carbonyl (C=O) groups is 1. The van der Waals surface area contributed by atoms with E-state index in [1.165, 1.54) is 20.1 Å². The van der Waals surface area contributed by atoms with Gasteiger partial charge in [0.05, 0.1) is 7.11 Å². The maximum atomic E-state index is 13.9. The Kier molecular flexibility index (Phi) is 6.45. The molecule has 0 aromatic heterocycles. The molecule has 1 unspecified atom stereocenters. The van der Waals surface area contributed by atoms with Crippen LogP contribution in [0.5, 0.6) is 5.75 Å². The topological polar surface area (TPSA) is 47.6 Å². The number of hydrogen-bond acceptors (Lipinski definition) is 4. The van der Waals surface area contributed by atoms with Crippen molar-refractivity contribution in [2.75, 3.05) is 13.7 Å². The number of nitrogens with one attached hydrogen (secondary N) is 1. The Hall–Kier alpha value is -1.62. The Bertz CT molecular complexity index is 449. The molecule has 1 rings (SSSR count). The van der Waals surface area contributed by atoms with Crippen molar-refractivity contribution in [3.05, 3.63) is 29.6 Å². The molecule has 0 bridgehead atoms. The van der Waals surface area contributed by atoms with E-state index in [9.17, 15) is 9.18 Å². The highest BCUT2D eigenvalue weighted by molar-refractivity contribution is 5.74. The van der Waals surface area contributed by atoms with Crippen molar-refractivity contribution in [3.63, 3.8) is 0 Å². The molecule has 0 aliphatic rings. The van der Waals surface area contributed by atoms with E-state index < -0.39 is 17.9 Å². The van der Waals surface area contributed by atoms with Gasteiger partial charge in [-0.25, -0.2) is 9.18 Å². The molecule has 20 heavy (non-hydrogen) atoms. The Labute approximate surface area is 119 Å². The Balaban J connectivity index is 2.80. The third-order valence-electron chi connectivity index (χ3n) is 2.74. The van der Waals surface area contributed by atoms with Crippen molar-refractivity contribution < 1.29 is 18.7 Å². The van der Waals surface area contributed by atoms with Crippen LogP contribution in [0.15, 0.2) is 18.2 Å². The van der Waals surface area contributed by atoms with Gasteiger partial charge in [-0.05, 0) is 25.5 Å². The molecule has 1 atom stereocenters. The summed E-state index contributed by atoms with van der Waals surface area (Å²) in [5.41, 5.74) is 0.682. The predicted molar refractivity (Wildman–Crippen MR) is 75.1 cm³/mol. The Morgan fingerprint density at radius 3 is 2.65 bits per heavy atom. The average Bonchev–Trinajstić information content (AvgIpc) is 2.40. The van der Waals surface area contributed by atoms with Gasteiger partial charge in [0.1, 0.15) is 0 Å². The first-order chi connectivity index (χ1) is 9.45. The Morgan fingerprint density at radius 2 is 2.05 bits per heavy atom. The van der Waals surface area contributed by atoms with Gasteiger partial charge in [0.15, 0.2) is 17.7 Å². The first kappa shape index (κ1) is 16.4. The van der Waals surface area contributed by atoms with E-state index >= 15 is 0 Å². The third kappa shape index (κ3) is 4.81. The van der Waals surface area contributed by atoms with E-state index in [2.05, 4.69) is 23.9 Å². The lowest BCUT2D eigenvalue weighted by Gasteiger charge is -2.17. The lowest BCUT2D eigenvalue weighted by Crippen LogP contribution is -2.26. The van der Waals surface area contributed by atoms with Crippen LogP contribution in [0.4, 0.5) is 4.39 Å². The fourth-order valence-electron chi connectivity index (χ4n) is 1.71. The van der Waals surface area contributed by atoms with Crippen molar-refractivity contribution in [1.82, 2.24) is 5.32 Å². The first-order valence-corrected chi connectivity index (χ1v) is 6.68. The smallest absolute Gasteiger partial charge is 0.346 e. The van der Waals surface area contributed by atoms with Gasteiger partial charge in [-0.15, -0.1) is 0 Å². The van der Waals surface area contributed by atoms with E-state index in [0.29, 0.717) is 18.0 Å². The molecule has 0 aliphatic carbocycles. The van der Waals surface area contributed by atoms with Crippen LogP contribution in [0.25, 0.3) is 0 Å². The normalized spacial score (nSPS) is 12.3. The number of benzene rings is 1. The summed E-state index contributed by atoms with van der Waals surface area (Å²) in [4.78, 5) is 11.4. The molecule has 0 fully saturated rings. The van der Waals surface area contributed by atoms with Gasteiger partial charge in [0.25, 0.3) is 0 Å². The quantitative estimate of drug-likeness (QED) is 0.781. The molecule has 112 valence electrons. The number of halogens is 1. The van der Waals surface area contributed by atoms with Crippen LogP contribution in [0.2, 0.25) is 0 Å². The van der Waals surface area contributed by atoms with Crippen molar-refractivity contribution in [3.8, 4) is 5.75 Å². The molecule has 0 spiro atoms. The molecule has 0 amide bonds. The summed E-state index contributed by atoms with van der Waals surface area (Å²) in [6.07, 6.45) is -0.847. The first-order valence-electron chi connectivity index (χ1n) is 6.68. The number of para-hydroxylation sites is 1. The van der Waals surface area contributed by atoms with Crippen molar-refractivity contribution in [2.45, 2.75) is 33.4 Å². The minimum Gasteiger partial charge on any atom is -0.476 e. The minimum atomic E-state index is -0.847. The van der Waals surface area contributed by atoms with Gasteiger partial charge in [-0.1, -0.05) is 26.0 Å². The fraction of sp³-hybridized carbons (Fsp3) is 0.533. The summed E-state index contributed by atoms with van der Waals surface area (Å²) in [6.45, 7) is 7.02. The number of rotatable bonds is 7. The second-order valence-electron chi connectivity index (χ2n) is 5.04. The highest BCUT2D eigenvalue weighted by atomic mass is 19.1. The summed E-state index contributed by atoms with van der Waals surface area (Å²) >= 11 is 0. The largest absolute Gasteiger partial charge is 0.476 e. The van der Waals surface area contributed by atoms with Crippen LogP contribution in [-0.4, -0.2) is 25.7 Å². The number of esters is 1. The van der Waals surface area contributed by atoms with Crippen LogP contribution in [0.1, 0.15) is 26.3 Å². The summed E-state index contributed by atoms with van der Waals surface area (Å²) in [6, 6.07) is 4.71. The summed E-state index contributed by atoms with van der Waals surface area (Å²) in [7, 11) is 1.27. The van der Waals surface area contributed by atoms with Crippen LogP contribution in [-0.2, 0) is 16.1 Å². The molecule has 1 N–H and O–H groups in total. The molecule has 0 aliphatic heterocycles. The standard InChI is InChI=1S/C15H22FNO3/c1-10(2)8-17-9-12-6-5-7-13(16)14(12)20-11(3)15(18)19-4/h5-7,10-11,17H,8-9H2,1-4H3. The second kappa shape index (κ2) is 7.85. The number of ether oxygens (including phenoxy) is 2. The van der Waals surface area contributed by atoms with Gasteiger partial charge in [-0.2, -0.15) is 0 Å². The summed E-state index contributed by atoms with van der Waals surface area (Å²) < 4.78 is 23.8. The molecule has 0 radical (unpaired) electrons. The zero-order valence-corrected chi connectivity index (χ0v) is 12.4. The van der Waals surface area contributed by atoms with Crippen LogP contribution in [0.3, 0.4) is 0 Å². The minimum absolute atomic E-state index is 0.0988. The monoisotopic (exact) mass is 283 g/mol. The molecular weight excluding hydrogens is 261 g/mol. The maximum Gasteiger partial charge on any atom is 0.346 e. The van der Waals surface area contributed by atoms with Crippen LogP contribution < -0.4 is 10.1 Å². The average molecular weight is 283 g/mol. The lowest BCUT2D eigenvalue weighted by atomic mass is 10.1. The number of methoxy groups -OCH3 is 1. The third-order valence-corrected chi connectivity index (χ3v) is 2.74. The summed E-state index contributed by atoms with van der Waals surface area (Å²) in [5, 5.41) is 3.22. The SMILES string of the molecule is COC(=O)C(C)Oc1c(F)cccc1CNCC(C)C. The van der Waals surface area contributed by atoms with Crippen LogP contribution >= 0.6 is 0 Å². The van der Waals surface area contributed by atoms with E-state index in [4.69, 9.17) is 4.74 Å². The second-order valence-corrected chi connectivity index (χ2v) is 5.04. The zero-order chi connectivity index (χ0) is 15.1. The molecule has 0 saturated carbocycles. The predicted octanol–water partition coefficient (Wildman–Crippen LogP) is 2.51. The molecule has 1 aromatic carbocycles. The molecule has 0 heterocycles. The van der Waals surface area contributed by atoms with Crippen LogP contribution in [0, 0.1) is 11.7 Å². The van der Waals surface area contributed by atoms with E-state index in [0.717, 1.165) is 6.54 Å². The zero-order valence-electron chi connectivity index (χ0n) is 12.4. The highest BCUT2D eigenvalue weighted by Crippen LogP contribution is 2.24. The van der Waals surface area contributed by atoms with Gasteiger partial charge in [0, 0.05) is 12.1 Å². The van der Waals surface area contributed by atoms with E-state index in [1.54, 1.807) is 12.1 Å². The highest BCUT2D eigenvalue weighted by Gasteiger charge is 2.19. The number of hydrogen-bond donors (Lipinski definition) is 1. The maximum absolute atomic E-state index is 13.9. The van der Waals surface area contributed by atoms with Crippen molar-refractivity contribution >= 4 is 5.97 Å². The molecule has 5 heteroatoms. The lowest BCUT2D eigenvalue weighted by molar-refractivity contribution is -0.148. The van der Waals surface area contributed by atoms with Gasteiger partial charge >= 0.3 is 5.97 Å². The van der Waals surface area contributed by atoms with E-state index in [-0.39, 0.29) is 5.75 Å². The molecule has 0 saturated heterocycles. The van der Waals surface area contributed by atoms with E-state index in [1.807, 2.05) is 0 Å². The summed E-state index contributed by atoms with van der Waals surface area (Å²) in [5.74, 6) is -0.414. The number of carbonyl (C=O) groups excluding carboxylic acids is 1. The van der Waals surface area contributed by atoms with Crippen molar-refractivity contribution in [2.24, 2.45) is 5.92 Å². The van der Waals surface area contributed by atoms with Gasteiger partial charge in [-0.3, -0.25) is 0 Å².